The molecule has 2 aromatic rings. The van der Waals surface area contributed by atoms with E-state index >= 15 is 0 Å². The van der Waals surface area contributed by atoms with E-state index in [1.807, 2.05) is 31.2 Å². The number of ether oxygens (including phenoxy) is 1. The van der Waals surface area contributed by atoms with Gasteiger partial charge in [-0.2, -0.15) is 0 Å². The Hall–Kier alpha value is -2.33. The maximum atomic E-state index is 11.8. The van der Waals surface area contributed by atoms with Gasteiger partial charge in [0.1, 0.15) is 6.61 Å². The summed E-state index contributed by atoms with van der Waals surface area (Å²) in [4.78, 5) is 11.8. The molecule has 0 bridgehead atoms. The molecule has 0 fully saturated rings. The van der Waals surface area contributed by atoms with E-state index in [9.17, 15) is 4.79 Å². The summed E-state index contributed by atoms with van der Waals surface area (Å²) in [6.07, 6.45) is -0.417. The molecule has 1 aliphatic rings. The quantitative estimate of drug-likeness (QED) is 0.912. The molecule has 0 aliphatic heterocycles. The Labute approximate surface area is 130 Å². The summed E-state index contributed by atoms with van der Waals surface area (Å²) in [5.41, 5.74) is 10.4. The summed E-state index contributed by atoms with van der Waals surface area (Å²) in [5.74, 6) is 0.0892. The number of fused-ring (bicyclic) bond motifs is 3. The van der Waals surface area contributed by atoms with Crippen molar-refractivity contribution in [3.05, 3.63) is 59.7 Å². The van der Waals surface area contributed by atoms with E-state index in [1.165, 1.54) is 22.3 Å². The van der Waals surface area contributed by atoms with E-state index in [0.29, 0.717) is 13.2 Å². The molecular formula is C18H20N2O2. The second kappa shape index (κ2) is 6.20. The molecule has 3 N–H and O–H groups in total. The fourth-order valence-corrected chi connectivity index (χ4v) is 2.90. The molecule has 0 heterocycles. The van der Waals surface area contributed by atoms with E-state index in [2.05, 4.69) is 29.6 Å². The molecular weight excluding hydrogens is 276 g/mol. The Kier molecular flexibility index (Phi) is 4.11. The summed E-state index contributed by atoms with van der Waals surface area (Å²) >= 11 is 0. The van der Waals surface area contributed by atoms with Crippen LogP contribution in [0, 0.1) is 0 Å². The minimum Gasteiger partial charge on any atom is -0.449 e. The highest BCUT2D eigenvalue weighted by atomic mass is 16.5. The van der Waals surface area contributed by atoms with E-state index in [1.54, 1.807) is 0 Å². The Morgan fingerprint density at radius 2 is 1.68 bits per heavy atom. The van der Waals surface area contributed by atoms with Crippen LogP contribution in [-0.4, -0.2) is 25.3 Å². The average molecular weight is 296 g/mol. The van der Waals surface area contributed by atoms with Gasteiger partial charge in [-0.05, 0) is 29.2 Å². The van der Waals surface area contributed by atoms with Gasteiger partial charge in [0.25, 0.3) is 0 Å². The van der Waals surface area contributed by atoms with Gasteiger partial charge in [0.05, 0.1) is 0 Å². The third-order valence-electron chi connectivity index (χ3n) is 4.06. The Morgan fingerprint density at radius 1 is 1.14 bits per heavy atom. The third-order valence-corrected chi connectivity index (χ3v) is 4.06. The van der Waals surface area contributed by atoms with Crippen molar-refractivity contribution < 1.29 is 9.53 Å². The minimum atomic E-state index is -0.417. The second-order valence-electron chi connectivity index (χ2n) is 5.61. The van der Waals surface area contributed by atoms with Crippen molar-refractivity contribution in [1.29, 1.82) is 0 Å². The number of carbonyl (C=O) groups is 1. The van der Waals surface area contributed by atoms with Gasteiger partial charge in [0.2, 0.25) is 0 Å². The van der Waals surface area contributed by atoms with Crippen molar-refractivity contribution in [1.82, 2.24) is 5.32 Å². The van der Waals surface area contributed by atoms with Crippen LogP contribution in [0.2, 0.25) is 0 Å². The Balaban J connectivity index is 1.78. The maximum Gasteiger partial charge on any atom is 0.407 e. The molecule has 2 aromatic carbocycles. The number of hydrogen-bond donors (Lipinski definition) is 2. The van der Waals surface area contributed by atoms with Gasteiger partial charge in [-0.3, -0.25) is 0 Å². The van der Waals surface area contributed by atoms with Crippen LogP contribution in [0.1, 0.15) is 24.0 Å². The number of hydrogen-bond acceptors (Lipinski definition) is 3. The topological polar surface area (TPSA) is 64.3 Å². The first-order valence-electron chi connectivity index (χ1n) is 7.52. The lowest BCUT2D eigenvalue weighted by Gasteiger charge is -2.16. The predicted octanol–water partition coefficient (Wildman–Crippen LogP) is 2.87. The number of alkyl carbamates (subject to hydrolysis) is 1. The minimum absolute atomic E-state index is 0.0874. The molecule has 4 nitrogen and oxygen atoms in total. The molecule has 1 atom stereocenters. The lowest BCUT2D eigenvalue weighted by molar-refractivity contribution is 0.140. The molecule has 0 saturated carbocycles. The van der Waals surface area contributed by atoms with Crippen molar-refractivity contribution in [3.63, 3.8) is 0 Å². The lowest BCUT2D eigenvalue weighted by atomic mass is 9.98. The Bertz CT molecular complexity index is 639. The van der Waals surface area contributed by atoms with E-state index < -0.39 is 6.09 Å². The summed E-state index contributed by atoms with van der Waals surface area (Å²) < 4.78 is 5.41. The fraction of sp³-hybridized carbons (Fsp3) is 0.278. The molecule has 1 aliphatic carbocycles. The van der Waals surface area contributed by atoms with Crippen LogP contribution in [0.3, 0.4) is 0 Å². The van der Waals surface area contributed by atoms with Crippen molar-refractivity contribution in [2.45, 2.75) is 18.9 Å². The number of nitrogens with one attached hydrogen (secondary N) is 1. The molecule has 0 spiro atoms. The van der Waals surface area contributed by atoms with Crippen molar-refractivity contribution in [2.24, 2.45) is 5.73 Å². The van der Waals surface area contributed by atoms with Crippen LogP contribution >= 0.6 is 0 Å². The fourth-order valence-electron chi connectivity index (χ4n) is 2.90. The summed E-state index contributed by atoms with van der Waals surface area (Å²) in [6.45, 7) is 2.57. The highest BCUT2D eigenvalue weighted by Crippen LogP contribution is 2.44. The normalized spacial score (nSPS) is 14.1. The number of rotatable bonds is 4. The number of carbonyl (C=O) groups excluding carboxylic acids is 1. The summed E-state index contributed by atoms with van der Waals surface area (Å²) in [7, 11) is 0. The van der Waals surface area contributed by atoms with Gasteiger partial charge in [-0.1, -0.05) is 48.5 Å². The first kappa shape index (κ1) is 14.6. The van der Waals surface area contributed by atoms with Gasteiger partial charge < -0.3 is 15.8 Å². The molecule has 4 heteroatoms. The van der Waals surface area contributed by atoms with Crippen molar-refractivity contribution in [3.8, 4) is 11.1 Å². The first-order valence-corrected chi connectivity index (χ1v) is 7.52. The highest BCUT2D eigenvalue weighted by molar-refractivity contribution is 5.79. The largest absolute Gasteiger partial charge is 0.449 e. The van der Waals surface area contributed by atoms with Crippen LogP contribution in [-0.2, 0) is 4.74 Å². The molecule has 0 aromatic heterocycles. The van der Waals surface area contributed by atoms with Crippen LogP contribution in [0.25, 0.3) is 11.1 Å². The molecule has 0 radical (unpaired) electrons. The van der Waals surface area contributed by atoms with Crippen molar-refractivity contribution >= 4 is 6.09 Å². The SMILES string of the molecule is CC(CN)NC(=O)OCC1c2ccccc2-c2ccccc21. The third kappa shape index (κ3) is 2.70. The predicted molar refractivity (Wildman–Crippen MR) is 86.7 cm³/mol. The van der Waals surface area contributed by atoms with Crippen LogP contribution < -0.4 is 11.1 Å². The second-order valence-corrected chi connectivity index (χ2v) is 5.61. The Morgan fingerprint density at radius 3 is 2.23 bits per heavy atom. The average Bonchev–Trinajstić information content (AvgIpc) is 2.87. The van der Waals surface area contributed by atoms with E-state index in [-0.39, 0.29) is 12.0 Å². The van der Waals surface area contributed by atoms with Crippen LogP contribution in [0.5, 0.6) is 0 Å². The van der Waals surface area contributed by atoms with Gasteiger partial charge in [-0.25, -0.2) is 4.79 Å². The molecule has 114 valence electrons. The standard InChI is InChI=1S/C18H20N2O2/c1-12(10-19)20-18(21)22-11-17-15-8-4-2-6-13(15)14-7-3-5-9-16(14)17/h2-9,12,17H,10-11,19H2,1H3,(H,20,21). The van der Waals surface area contributed by atoms with E-state index in [0.717, 1.165) is 0 Å². The van der Waals surface area contributed by atoms with Crippen LogP contribution in [0.4, 0.5) is 4.79 Å². The molecule has 1 amide bonds. The molecule has 1 unspecified atom stereocenters. The molecule has 3 rings (SSSR count). The lowest BCUT2D eigenvalue weighted by Crippen LogP contribution is -2.38. The van der Waals surface area contributed by atoms with Crippen molar-refractivity contribution in [2.75, 3.05) is 13.2 Å². The molecule has 22 heavy (non-hydrogen) atoms. The zero-order valence-electron chi connectivity index (χ0n) is 12.6. The van der Waals surface area contributed by atoms with E-state index in [4.69, 9.17) is 10.5 Å². The first-order chi connectivity index (χ1) is 10.7. The van der Waals surface area contributed by atoms with Gasteiger partial charge in [0, 0.05) is 18.5 Å². The smallest absolute Gasteiger partial charge is 0.407 e. The zero-order valence-corrected chi connectivity index (χ0v) is 12.6. The van der Waals surface area contributed by atoms with Gasteiger partial charge in [-0.15, -0.1) is 0 Å². The monoisotopic (exact) mass is 296 g/mol. The molecule has 0 saturated heterocycles. The number of nitrogens with two attached hydrogens (primary N) is 1. The number of amides is 1. The zero-order chi connectivity index (χ0) is 15.5. The van der Waals surface area contributed by atoms with Gasteiger partial charge >= 0.3 is 6.09 Å². The van der Waals surface area contributed by atoms with Crippen LogP contribution in [0.15, 0.2) is 48.5 Å². The number of benzene rings is 2. The maximum absolute atomic E-state index is 11.8. The summed E-state index contributed by atoms with van der Waals surface area (Å²) in [6, 6.07) is 16.5. The highest BCUT2D eigenvalue weighted by Gasteiger charge is 2.28. The summed E-state index contributed by atoms with van der Waals surface area (Å²) in [5, 5.41) is 2.72. The van der Waals surface area contributed by atoms with Gasteiger partial charge in [0.15, 0.2) is 0 Å².